The van der Waals surface area contributed by atoms with Crippen molar-refractivity contribution in [1.29, 1.82) is 5.26 Å². The predicted octanol–water partition coefficient (Wildman–Crippen LogP) is 3.09. The first-order valence-corrected chi connectivity index (χ1v) is 7.02. The van der Waals surface area contributed by atoms with Crippen LogP contribution in [0.2, 0.25) is 0 Å². The maximum atomic E-state index is 9.23. The first kappa shape index (κ1) is 12.9. The van der Waals surface area contributed by atoms with E-state index in [0.717, 1.165) is 43.3 Å². The van der Waals surface area contributed by atoms with Gasteiger partial charge in [-0.05, 0) is 31.4 Å². The molecule has 1 atom stereocenters. The Balaban J connectivity index is 1.74. The van der Waals surface area contributed by atoms with Gasteiger partial charge in [-0.25, -0.2) is 4.98 Å². The van der Waals surface area contributed by atoms with Crippen molar-refractivity contribution >= 4 is 16.7 Å². The van der Waals surface area contributed by atoms with Crippen LogP contribution in [0, 0.1) is 11.3 Å². The van der Waals surface area contributed by atoms with Gasteiger partial charge in [0.25, 0.3) is 0 Å². The lowest BCUT2D eigenvalue weighted by Crippen LogP contribution is -2.13. The maximum Gasteiger partial charge on any atom is 0.144 e. The third kappa shape index (κ3) is 2.73. The number of benzene rings is 1. The highest BCUT2D eigenvalue weighted by Crippen LogP contribution is 2.20. The van der Waals surface area contributed by atoms with Crippen LogP contribution in [-0.2, 0) is 4.74 Å². The van der Waals surface area contributed by atoms with E-state index < -0.39 is 0 Å². The Bertz CT molecular complexity index is 642. The van der Waals surface area contributed by atoms with Crippen molar-refractivity contribution in [3.63, 3.8) is 0 Å². The van der Waals surface area contributed by atoms with Crippen LogP contribution < -0.4 is 5.32 Å². The SMILES string of the molecule is N#Cc1cc2ccccc2nc1NCCC1CCCO1. The zero-order chi connectivity index (χ0) is 13.8. The fourth-order valence-corrected chi connectivity index (χ4v) is 2.56. The minimum absolute atomic E-state index is 0.355. The lowest BCUT2D eigenvalue weighted by atomic mass is 10.1. The predicted molar refractivity (Wildman–Crippen MR) is 78.5 cm³/mol. The van der Waals surface area contributed by atoms with E-state index in [0.29, 0.717) is 17.5 Å². The molecule has 1 aromatic carbocycles. The number of pyridine rings is 1. The molecule has 0 bridgehead atoms. The molecule has 102 valence electrons. The monoisotopic (exact) mass is 267 g/mol. The van der Waals surface area contributed by atoms with Gasteiger partial charge in [0.05, 0.1) is 17.2 Å². The minimum Gasteiger partial charge on any atom is -0.378 e. The number of nitriles is 1. The second kappa shape index (κ2) is 5.89. The van der Waals surface area contributed by atoms with E-state index in [-0.39, 0.29) is 0 Å². The highest BCUT2D eigenvalue weighted by molar-refractivity contribution is 5.82. The second-order valence-corrected chi connectivity index (χ2v) is 5.04. The number of para-hydroxylation sites is 1. The Morgan fingerprint density at radius 3 is 3.10 bits per heavy atom. The molecule has 1 aliphatic heterocycles. The lowest BCUT2D eigenvalue weighted by molar-refractivity contribution is 0.107. The summed E-state index contributed by atoms with van der Waals surface area (Å²) < 4.78 is 5.59. The number of nitrogens with one attached hydrogen (secondary N) is 1. The number of ether oxygens (including phenoxy) is 1. The lowest BCUT2D eigenvalue weighted by Gasteiger charge is -2.12. The van der Waals surface area contributed by atoms with Crippen molar-refractivity contribution in [2.75, 3.05) is 18.5 Å². The van der Waals surface area contributed by atoms with Crippen LogP contribution in [0.3, 0.4) is 0 Å². The molecule has 0 aliphatic carbocycles. The molecule has 1 fully saturated rings. The molecule has 0 spiro atoms. The summed E-state index contributed by atoms with van der Waals surface area (Å²) in [5.74, 6) is 0.671. The normalized spacial score (nSPS) is 18.1. The van der Waals surface area contributed by atoms with E-state index in [9.17, 15) is 5.26 Å². The molecule has 4 nitrogen and oxygen atoms in total. The van der Waals surface area contributed by atoms with Gasteiger partial charge in [0, 0.05) is 18.5 Å². The maximum absolute atomic E-state index is 9.23. The molecular weight excluding hydrogens is 250 g/mol. The van der Waals surface area contributed by atoms with Crippen LogP contribution in [0.5, 0.6) is 0 Å². The van der Waals surface area contributed by atoms with E-state index in [2.05, 4.69) is 16.4 Å². The molecule has 4 heteroatoms. The van der Waals surface area contributed by atoms with E-state index in [1.54, 1.807) is 0 Å². The van der Waals surface area contributed by atoms with Crippen LogP contribution in [0.4, 0.5) is 5.82 Å². The highest BCUT2D eigenvalue weighted by atomic mass is 16.5. The molecule has 0 saturated carbocycles. The summed E-state index contributed by atoms with van der Waals surface area (Å²) >= 11 is 0. The Labute approximate surface area is 118 Å². The average molecular weight is 267 g/mol. The highest BCUT2D eigenvalue weighted by Gasteiger charge is 2.15. The quantitative estimate of drug-likeness (QED) is 0.924. The van der Waals surface area contributed by atoms with Gasteiger partial charge >= 0.3 is 0 Å². The van der Waals surface area contributed by atoms with Crippen LogP contribution in [0.1, 0.15) is 24.8 Å². The zero-order valence-electron chi connectivity index (χ0n) is 11.3. The Kier molecular flexibility index (Phi) is 3.80. The Hall–Kier alpha value is -2.12. The van der Waals surface area contributed by atoms with Gasteiger partial charge in [-0.1, -0.05) is 18.2 Å². The molecule has 0 amide bonds. The smallest absolute Gasteiger partial charge is 0.144 e. The van der Waals surface area contributed by atoms with Gasteiger partial charge < -0.3 is 10.1 Å². The van der Waals surface area contributed by atoms with E-state index in [1.807, 2.05) is 30.3 Å². The standard InChI is InChI=1S/C16H17N3O/c17-11-13-10-12-4-1-2-6-15(12)19-16(13)18-8-7-14-5-3-9-20-14/h1-2,4,6,10,14H,3,5,7-9H2,(H,18,19). The summed E-state index contributed by atoms with van der Waals surface area (Å²) in [6.45, 7) is 1.66. The molecule has 20 heavy (non-hydrogen) atoms. The van der Waals surface area contributed by atoms with Gasteiger partial charge in [0.15, 0.2) is 0 Å². The molecule has 1 aliphatic rings. The second-order valence-electron chi connectivity index (χ2n) is 5.04. The van der Waals surface area contributed by atoms with E-state index >= 15 is 0 Å². The summed E-state index contributed by atoms with van der Waals surface area (Å²) in [6.07, 6.45) is 3.60. The van der Waals surface area contributed by atoms with Crippen molar-refractivity contribution in [3.8, 4) is 6.07 Å². The minimum atomic E-state index is 0.355. The van der Waals surface area contributed by atoms with E-state index in [1.165, 1.54) is 0 Å². The number of rotatable bonds is 4. The van der Waals surface area contributed by atoms with Crippen molar-refractivity contribution in [2.45, 2.75) is 25.4 Å². The average Bonchev–Trinajstić information content (AvgIpc) is 3.00. The first-order valence-electron chi connectivity index (χ1n) is 7.02. The van der Waals surface area contributed by atoms with Crippen LogP contribution in [-0.4, -0.2) is 24.2 Å². The third-order valence-electron chi connectivity index (χ3n) is 3.63. The van der Waals surface area contributed by atoms with Crippen LogP contribution in [0.25, 0.3) is 10.9 Å². The van der Waals surface area contributed by atoms with Crippen LogP contribution >= 0.6 is 0 Å². The van der Waals surface area contributed by atoms with Gasteiger partial charge in [0.2, 0.25) is 0 Å². The van der Waals surface area contributed by atoms with Gasteiger partial charge in [-0.15, -0.1) is 0 Å². The molecule has 2 aromatic rings. The van der Waals surface area contributed by atoms with Crippen molar-refractivity contribution in [3.05, 3.63) is 35.9 Å². The molecule has 3 rings (SSSR count). The van der Waals surface area contributed by atoms with Gasteiger partial charge in [0.1, 0.15) is 11.9 Å². The number of nitrogens with zero attached hydrogens (tertiary/aromatic N) is 2. The summed E-state index contributed by atoms with van der Waals surface area (Å²) in [6, 6.07) is 11.9. The van der Waals surface area contributed by atoms with Crippen molar-refractivity contribution in [2.24, 2.45) is 0 Å². The first-order chi connectivity index (χ1) is 9.86. The zero-order valence-corrected chi connectivity index (χ0v) is 11.3. The van der Waals surface area contributed by atoms with Crippen molar-refractivity contribution < 1.29 is 4.74 Å². The molecule has 1 N–H and O–H groups in total. The molecule has 1 saturated heterocycles. The van der Waals surface area contributed by atoms with Gasteiger partial charge in [-0.3, -0.25) is 0 Å². The van der Waals surface area contributed by atoms with Gasteiger partial charge in [-0.2, -0.15) is 5.26 Å². The summed E-state index contributed by atoms with van der Waals surface area (Å²) in [5.41, 5.74) is 1.50. The fourth-order valence-electron chi connectivity index (χ4n) is 2.56. The molecule has 1 aromatic heterocycles. The van der Waals surface area contributed by atoms with Crippen LogP contribution in [0.15, 0.2) is 30.3 Å². The summed E-state index contributed by atoms with van der Waals surface area (Å²) in [4.78, 5) is 4.54. The Morgan fingerprint density at radius 1 is 1.40 bits per heavy atom. The summed E-state index contributed by atoms with van der Waals surface area (Å²) in [5, 5.41) is 13.5. The number of fused-ring (bicyclic) bond motifs is 1. The number of hydrogen-bond acceptors (Lipinski definition) is 4. The molecule has 0 radical (unpaired) electrons. The third-order valence-corrected chi connectivity index (χ3v) is 3.63. The topological polar surface area (TPSA) is 57.9 Å². The fraction of sp³-hybridized carbons (Fsp3) is 0.375. The largest absolute Gasteiger partial charge is 0.378 e. The van der Waals surface area contributed by atoms with E-state index in [4.69, 9.17) is 4.74 Å². The molecule has 2 heterocycles. The number of aromatic nitrogens is 1. The Morgan fingerprint density at radius 2 is 2.30 bits per heavy atom. The van der Waals surface area contributed by atoms with Crippen molar-refractivity contribution in [1.82, 2.24) is 4.98 Å². The molecular formula is C16H17N3O. The number of hydrogen-bond donors (Lipinski definition) is 1. The summed E-state index contributed by atoms with van der Waals surface area (Å²) in [7, 11) is 0. The molecule has 1 unspecified atom stereocenters. The number of anilines is 1.